The Morgan fingerprint density at radius 2 is 2.14 bits per heavy atom. The van der Waals surface area contributed by atoms with E-state index >= 15 is 0 Å². The Kier molecular flexibility index (Phi) is 3.33. The Labute approximate surface area is 118 Å². The van der Waals surface area contributed by atoms with Crippen LogP contribution in [0.25, 0.3) is 10.9 Å². The summed E-state index contributed by atoms with van der Waals surface area (Å²) in [6, 6.07) is 4.21. The number of aliphatic hydroxyl groups excluding tert-OH is 3. The zero-order valence-corrected chi connectivity index (χ0v) is 10.7. The topological polar surface area (TPSA) is 131 Å². The van der Waals surface area contributed by atoms with Crippen LogP contribution in [-0.4, -0.2) is 54.9 Å². The molecule has 9 nitrogen and oxygen atoms in total. The molecule has 0 amide bonds. The number of non-ortho nitro benzene ring substituents is 1. The van der Waals surface area contributed by atoms with Crippen molar-refractivity contribution >= 4 is 16.6 Å². The molecule has 112 valence electrons. The highest BCUT2D eigenvalue weighted by Crippen LogP contribution is 2.30. The predicted octanol–water partition coefficient (Wildman–Crippen LogP) is -0.444. The van der Waals surface area contributed by atoms with E-state index in [0.717, 1.165) is 0 Å². The zero-order chi connectivity index (χ0) is 15.1. The Morgan fingerprint density at radius 3 is 2.76 bits per heavy atom. The molecular weight excluding hydrogens is 282 g/mol. The number of aliphatic hydroxyl groups is 3. The fourth-order valence-electron chi connectivity index (χ4n) is 2.37. The molecule has 0 spiro atoms. The van der Waals surface area contributed by atoms with Crippen molar-refractivity contribution < 1.29 is 25.0 Å². The van der Waals surface area contributed by atoms with Crippen LogP contribution in [0.15, 0.2) is 24.4 Å². The van der Waals surface area contributed by atoms with Crippen LogP contribution in [0.3, 0.4) is 0 Å². The summed E-state index contributed by atoms with van der Waals surface area (Å²) in [5.74, 6) is 0. The van der Waals surface area contributed by atoms with E-state index in [4.69, 9.17) is 9.84 Å². The zero-order valence-electron chi connectivity index (χ0n) is 10.7. The molecule has 1 saturated heterocycles. The maximum atomic E-state index is 10.7. The van der Waals surface area contributed by atoms with Gasteiger partial charge in [0.15, 0.2) is 6.23 Å². The van der Waals surface area contributed by atoms with E-state index in [-0.39, 0.29) is 5.69 Å². The van der Waals surface area contributed by atoms with Gasteiger partial charge in [0.2, 0.25) is 0 Å². The SMILES string of the molecule is O=[N+]([O-])c1ccc2cn([C@H]3O[C@@H](CO)[C@@H](O)[C@@H]3O)nc2c1. The summed E-state index contributed by atoms with van der Waals surface area (Å²) in [6.45, 7) is -0.430. The third-order valence-corrected chi connectivity index (χ3v) is 3.50. The Balaban J connectivity index is 1.96. The van der Waals surface area contributed by atoms with Crippen LogP contribution in [0.2, 0.25) is 0 Å². The molecule has 3 rings (SSSR count). The molecule has 0 saturated carbocycles. The minimum atomic E-state index is -1.24. The highest BCUT2D eigenvalue weighted by atomic mass is 16.6. The summed E-state index contributed by atoms with van der Waals surface area (Å²) >= 11 is 0. The van der Waals surface area contributed by atoms with Crippen molar-refractivity contribution in [1.29, 1.82) is 0 Å². The Morgan fingerprint density at radius 1 is 1.38 bits per heavy atom. The van der Waals surface area contributed by atoms with Gasteiger partial charge in [0, 0.05) is 23.7 Å². The monoisotopic (exact) mass is 295 g/mol. The van der Waals surface area contributed by atoms with Gasteiger partial charge in [0.05, 0.1) is 17.0 Å². The lowest BCUT2D eigenvalue weighted by molar-refractivity contribution is -0.384. The maximum absolute atomic E-state index is 10.7. The number of hydrogen-bond donors (Lipinski definition) is 3. The van der Waals surface area contributed by atoms with E-state index in [1.54, 1.807) is 6.20 Å². The number of hydrogen-bond acceptors (Lipinski definition) is 7. The van der Waals surface area contributed by atoms with Gasteiger partial charge >= 0.3 is 0 Å². The molecule has 9 heteroatoms. The molecule has 1 aliphatic heterocycles. The Hall–Kier alpha value is -2.07. The van der Waals surface area contributed by atoms with Crippen molar-refractivity contribution in [3.05, 3.63) is 34.5 Å². The van der Waals surface area contributed by atoms with Gasteiger partial charge < -0.3 is 20.1 Å². The number of aromatic nitrogens is 2. The lowest BCUT2D eigenvalue weighted by Gasteiger charge is -2.14. The lowest BCUT2D eigenvalue weighted by atomic mass is 10.1. The number of fused-ring (bicyclic) bond motifs is 1. The second kappa shape index (κ2) is 5.04. The molecule has 0 bridgehead atoms. The molecule has 0 unspecified atom stereocenters. The van der Waals surface area contributed by atoms with Gasteiger partial charge in [0.1, 0.15) is 18.3 Å². The van der Waals surface area contributed by atoms with E-state index < -0.39 is 36.1 Å². The van der Waals surface area contributed by atoms with Crippen LogP contribution in [0.5, 0.6) is 0 Å². The average Bonchev–Trinajstić information content (AvgIpc) is 3.00. The highest BCUT2D eigenvalue weighted by molar-refractivity contribution is 5.80. The normalized spacial score (nSPS) is 29.1. The van der Waals surface area contributed by atoms with Gasteiger partial charge in [-0.15, -0.1) is 0 Å². The number of nitro groups is 1. The molecule has 4 atom stereocenters. The van der Waals surface area contributed by atoms with Crippen molar-refractivity contribution in [2.75, 3.05) is 6.61 Å². The van der Waals surface area contributed by atoms with Crippen LogP contribution in [-0.2, 0) is 4.74 Å². The summed E-state index contributed by atoms with van der Waals surface area (Å²) in [4.78, 5) is 10.2. The van der Waals surface area contributed by atoms with E-state index in [0.29, 0.717) is 10.9 Å². The summed E-state index contributed by atoms with van der Waals surface area (Å²) in [7, 11) is 0. The third kappa shape index (κ3) is 2.25. The van der Waals surface area contributed by atoms with Crippen molar-refractivity contribution in [2.24, 2.45) is 0 Å². The first-order valence-corrected chi connectivity index (χ1v) is 6.27. The molecular formula is C12H13N3O6. The number of nitro benzene ring substituents is 1. The minimum Gasteiger partial charge on any atom is -0.394 e. The first-order chi connectivity index (χ1) is 10.0. The second-order valence-electron chi connectivity index (χ2n) is 4.84. The Bertz CT molecular complexity index is 687. The fourth-order valence-corrected chi connectivity index (χ4v) is 2.37. The van der Waals surface area contributed by atoms with Gasteiger partial charge in [0.25, 0.3) is 5.69 Å². The number of ether oxygens (including phenoxy) is 1. The molecule has 0 radical (unpaired) electrons. The summed E-state index contributed by atoms with van der Waals surface area (Å²) in [5.41, 5.74) is 0.288. The largest absolute Gasteiger partial charge is 0.394 e. The van der Waals surface area contributed by atoms with Gasteiger partial charge in [-0.3, -0.25) is 10.1 Å². The van der Waals surface area contributed by atoms with Crippen molar-refractivity contribution in [1.82, 2.24) is 9.78 Å². The summed E-state index contributed by atoms with van der Waals surface area (Å²) in [6.07, 6.45) is -2.76. The molecule has 1 aromatic carbocycles. The molecule has 0 aliphatic carbocycles. The highest BCUT2D eigenvalue weighted by Gasteiger charge is 2.43. The van der Waals surface area contributed by atoms with Gasteiger partial charge in [-0.2, -0.15) is 5.10 Å². The molecule has 3 N–H and O–H groups in total. The third-order valence-electron chi connectivity index (χ3n) is 3.50. The van der Waals surface area contributed by atoms with Crippen molar-refractivity contribution in [2.45, 2.75) is 24.5 Å². The first kappa shape index (κ1) is 13.9. The van der Waals surface area contributed by atoms with E-state index in [1.165, 1.54) is 22.9 Å². The van der Waals surface area contributed by atoms with Crippen LogP contribution in [0, 0.1) is 10.1 Å². The quantitative estimate of drug-likeness (QED) is 0.516. The van der Waals surface area contributed by atoms with Gasteiger partial charge in [-0.25, -0.2) is 4.68 Å². The van der Waals surface area contributed by atoms with E-state index in [2.05, 4.69) is 5.10 Å². The van der Waals surface area contributed by atoms with Crippen molar-refractivity contribution in [3.8, 4) is 0 Å². The lowest BCUT2D eigenvalue weighted by Crippen LogP contribution is -2.33. The molecule has 21 heavy (non-hydrogen) atoms. The summed E-state index contributed by atoms with van der Waals surface area (Å²) in [5, 5.41) is 44.2. The fraction of sp³-hybridized carbons (Fsp3) is 0.417. The maximum Gasteiger partial charge on any atom is 0.271 e. The second-order valence-corrected chi connectivity index (χ2v) is 4.84. The van der Waals surface area contributed by atoms with Crippen molar-refractivity contribution in [3.63, 3.8) is 0 Å². The number of rotatable bonds is 3. The minimum absolute atomic E-state index is 0.0890. The van der Waals surface area contributed by atoms with Crippen LogP contribution in [0.1, 0.15) is 6.23 Å². The number of nitrogens with zero attached hydrogens (tertiary/aromatic N) is 3. The molecule has 2 heterocycles. The predicted molar refractivity (Wildman–Crippen MR) is 69.4 cm³/mol. The van der Waals surface area contributed by atoms with Gasteiger partial charge in [-0.05, 0) is 6.07 Å². The first-order valence-electron chi connectivity index (χ1n) is 6.27. The molecule has 1 fully saturated rings. The standard InChI is InChI=1S/C12H13N3O6/c16-5-9-10(17)11(18)12(21-9)14-4-6-1-2-7(15(19)20)3-8(6)13-14/h1-4,9-12,16-18H,5H2/t9-,10+,11-,12-/m0/s1. The average molecular weight is 295 g/mol. The smallest absolute Gasteiger partial charge is 0.271 e. The van der Waals surface area contributed by atoms with E-state index in [1.807, 2.05) is 0 Å². The number of benzene rings is 1. The molecule has 2 aromatic rings. The molecule has 1 aliphatic rings. The summed E-state index contributed by atoms with van der Waals surface area (Å²) < 4.78 is 6.63. The van der Waals surface area contributed by atoms with Gasteiger partial charge in [-0.1, -0.05) is 0 Å². The molecule has 1 aromatic heterocycles. The van der Waals surface area contributed by atoms with Crippen LogP contribution in [0.4, 0.5) is 5.69 Å². The van der Waals surface area contributed by atoms with E-state index in [9.17, 15) is 20.3 Å². The van der Waals surface area contributed by atoms with Crippen LogP contribution < -0.4 is 0 Å². The van der Waals surface area contributed by atoms with Crippen LogP contribution >= 0.6 is 0 Å².